The summed E-state index contributed by atoms with van der Waals surface area (Å²) in [5.74, 6) is 0.706. The molecule has 0 unspecified atom stereocenters. The molecule has 5 rings (SSSR count). The van der Waals surface area contributed by atoms with Gasteiger partial charge in [0.15, 0.2) is 0 Å². The number of hydrogen-bond acceptors (Lipinski definition) is 4. The van der Waals surface area contributed by atoms with E-state index in [9.17, 15) is 4.79 Å². The molecule has 2 saturated heterocycles. The van der Waals surface area contributed by atoms with Crippen molar-refractivity contribution in [3.63, 3.8) is 0 Å². The minimum absolute atomic E-state index is 0.0113. The average Bonchev–Trinajstić information content (AvgIpc) is 3.24. The summed E-state index contributed by atoms with van der Waals surface area (Å²) >= 11 is 0. The molecule has 2 fully saturated rings. The lowest BCUT2D eigenvalue weighted by Crippen LogP contribution is -2.44. The Bertz CT molecular complexity index is 1040. The molecule has 132 valence electrons. The topological polar surface area (TPSA) is 41.4 Å². The molecule has 2 aliphatic heterocycles. The van der Waals surface area contributed by atoms with Gasteiger partial charge in [-0.2, -0.15) is 0 Å². The average molecular weight is 346 g/mol. The fourth-order valence-corrected chi connectivity index (χ4v) is 4.46. The third-order valence-corrected chi connectivity index (χ3v) is 5.94. The first-order chi connectivity index (χ1) is 12.6. The van der Waals surface area contributed by atoms with E-state index in [-0.39, 0.29) is 5.56 Å². The number of benzene rings is 2. The standard InChI is InChI=1S/C21H22N4O/c1-23-12-17-10-16(23)13-25(17)15-8-9-19-18(11-15)21(26)24(2)20(22-19)14-6-4-3-5-7-14/h3-9,11,16-17H,10,12-13H2,1-2H3/t16-,17-/m0/s1. The van der Waals surface area contributed by atoms with E-state index in [0.29, 0.717) is 23.3 Å². The highest BCUT2D eigenvalue weighted by molar-refractivity contribution is 5.83. The monoisotopic (exact) mass is 346 g/mol. The lowest BCUT2D eigenvalue weighted by atomic mass is 10.1. The second kappa shape index (κ2) is 5.68. The maximum Gasteiger partial charge on any atom is 0.261 e. The molecule has 0 aliphatic carbocycles. The zero-order valence-corrected chi connectivity index (χ0v) is 15.1. The molecule has 1 aromatic heterocycles. The Kier molecular flexibility index (Phi) is 3.40. The Morgan fingerprint density at radius 1 is 1.00 bits per heavy atom. The Morgan fingerprint density at radius 2 is 1.81 bits per heavy atom. The summed E-state index contributed by atoms with van der Waals surface area (Å²) in [6.07, 6.45) is 1.22. The molecule has 3 aromatic rings. The molecule has 2 atom stereocenters. The van der Waals surface area contributed by atoms with Gasteiger partial charge in [-0.1, -0.05) is 30.3 Å². The minimum atomic E-state index is 0.0113. The third-order valence-electron chi connectivity index (χ3n) is 5.94. The molecule has 0 N–H and O–H groups in total. The van der Waals surface area contributed by atoms with Crippen LogP contribution in [0, 0.1) is 0 Å². The first-order valence-electron chi connectivity index (χ1n) is 9.15. The number of fused-ring (bicyclic) bond motifs is 3. The molecule has 26 heavy (non-hydrogen) atoms. The maximum atomic E-state index is 13.0. The van der Waals surface area contributed by atoms with Crippen molar-refractivity contribution in [3.05, 3.63) is 58.9 Å². The van der Waals surface area contributed by atoms with Gasteiger partial charge in [-0.25, -0.2) is 4.98 Å². The van der Waals surface area contributed by atoms with Gasteiger partial charge in [0.25, 0.3) is 5.56 Å². The summed E-state index contributed by atoms with van der Waals surface area (Å²) in [4.78, 5) is 22.7. The molecule has 3 heterocycles. The predicted octanol–water partition coefficient (Wildman–Crippen LogP) is 2.49. The summed E-state index contributed by atoms with van der Waals surface area (Å²) in [6.45, 7) is 2.15. The lowest BCUT2D eigenvalue weighted by Gasteiger charge is -2.33. The highest BCUT2D eigenvalue weighted by Gasteiger charge is 2.41. The normalized spacial score (nSPS) is 22.5. The van der Waals surface area contributed by atoms with Gasteiger partial charge in [-0.05, 0) is 31.7 Å². The van der Waals surface area contributed by atoms with E-state index in [1.54, 1.807) is 11.6 Å². The highest BCUT2D eigenvalue weighted by Crippen LogP contribution is 2.34. The van der Waals surface area contributed by atoms with Crippen LogP contribution >= 0.6 is 0 Å². The Morgan fingerprint density at radius 3 is 2.50 bits per heavy atom. The van der Waals surface area contributed by atoms with Crippen LogP contribution in [0.5, 0.6) is 0 Å². The van der Waals surface area contributed by atoms with Crippen molar-refractivity contribution in [3.8, 4) is 11.4 Å². The van der Waals surface area contributed by atoms with Crippen molar-refractivity contribution in [2.24, 2.45) is 7.05 Å². The Hall–Kier alpha value is -2.66. The fourth-order valence-electron chi connectivity index (χ4n) is 4.46. The van der Waals surface area contributed by atoms with Crippen LogP contribution in [0.25, 0.3) is 22.3 Å². The molecule has 2 bridgehead atoms. The molecule has 0 amide bonds. The zero-order chi connectivity index (χ0) is 17.8. The summed E-state index contributed by atoms with van der Waals surface area (Å²) in [5, 5.41) is 0.695. The number of likely N-dealkylation sites (N-methyl/N-ethyl adjacent to an activating group) is 1. The van der Waals surface area contributed by atoms with Crippen molar-refractivity contribution in [2.75, 3.05) is 25.0 Å². The van der Waals surface area contributed by atoms with Crippen LogP contribution in [0.1, 0.15) is 6.42 Å². The largest absolute Gasteiger partial charge is 0.366 e. The van der Waals surface area contributed by atoms with Gasteiger partial charge in [-0.3, -0.25) is 14.3 Å². The number of likely N-dealkylation sites (tertiary alicyclic amines) is 1. The maximum absolute atomic E-state index is 13.0. The summed E-state index contributed by atoms with van der Waals surface area (Å²) < 4.78 is 1.66. The van der Waals surface area contributed by atoms with Gasteiger partial charge in [-0.15, -0.1) is 0 Å². The zero-order valence-electron chi connectivity index (χ0n) is 15.1. The number of hydrogen-bond donors (Lipinski definition) is 0. The molecular weight excluding hydrogens is 324 g/mol. The van der Waals surface area contributed by atoms with Gasteiger partial charge in [0.2, 0.25) is 0 Å². The molecule has 0 radical (unpaired) electrons. The summed E-state index contributed by atoms with van der Waals surface area (Å²) in [7, 11) is 4.00. The number of aromatic nitrogens is 2. The Labute approximate surface area is 152 Å². The SMILES string of the molecule is CN1C[C@@H]2C[C@H]1CN2c1ccc2nc(-c3ccccc3)n(C)c(=O)c2c1. The summed E-state index contributed by atoms with van der Waals surface area (Å²) in [5.41, 5.74) is 2.87. The predicted molar refractivity (Wildman–Crippen MR) is 105 cm³/mol. The third kappa shape index (κ3) is 2.27. The fraction of sp³-hybridized carbons (Fsp3) is 0.333. The van der Waals surface area contributed by atoms with Crippen molar-refractivity contribution in [2.45, 2.75) is 18.5 Å². The van der Waals surface area contributed by atoms with E-state index in [0.717, 1.165) is 29.9 Å². The van der Waals surface area contributed by atoms with Crippen LogP contribution in [0.3, 0.4) is 0 Å². The van der Waals surface area contributed by atoms with Crippen LogP contribution < -0.4 is 10.5 Å². The van der Waals surface area contributed by atoms with Crippen molar-refractivity contribution in [1.29, 1.82) is 0 Å². The minimum Gasteiger partial charge on any atom is -0.366 e. The van der Waals surface area contributed by atoms with E-state index in [1.807, 2.05) is 42.5 Å². The second-order valence-electron chi connectivity index (χ2n) is 7.50. The van der Waals surface area contributed by atoms with E-state index < -0.39 is 0 Å². The first kappa shape index (κ1) is 15.6. The molecule has 5 heteroatoms. The Balaban J connectivity index is 1.60. The quantitative estimate of drug-likeness (QED) is 0.715. The number of nitrogens with zero attached hydrogens (tertiary/aromatic N) is 4. The van der Waals surface area contributed by atoms with Crippen LogP contribution in [0.15, 0.2) is 53.3 Å². The van der Waals surface area contributed by atoms with Crippen LogP contribution in [0.2, 0.25) is 0 Å². The van der Waals surface area contributed by atoms with Crippen LogP contribution in [-0.4, -0.2) is 46.7 Å². The molecule has 0 spiro atoms. The molecule has 2 aliphatic rings. The van der Waals surface area contributed by atoms with Gasteiger partial charge in [0, 0.05) is 43.5 Å². The van der Waals surface area contributed by atoms with E-state index in [1.165, 1.54) is 6.42 Å². The smallest absolute Gasteiger partial charge is 0.261 e. The number of anilines is 1. The molecule has 0 saturated carbocycles. The molecule has 2 aromatic carbocycles. The highest BCUT2D eigenvalue weighted by atomic mass is 16.1. The van der Waals surface area contributed by atoms with Gasteiger partial charge in [0.05, 0.1) is 10.9 Å². The number of rotatable bonds is 2. The van der Waals surface area contributed by atoms with Gasteiger partial charge >= 0.3 is 0 Å². The second-order valence-corrected chi connectivity index (χ2v) is 7.50. The van der Waals surface area contributed by atoms with Crippen molar-refractivity contribution < 1.29 is 0 Å². The van der Waals surface area contributed by atoms with Crippen LogP contribution in [0.4, 0.5) is 5.69 Å². The number of piperazine rings is 1. The van der Waals surface area contributed by atoms with Gasteiger partial charge in [0.1, 0.15) is 5.82 Å². The first-order valence-corrected chi connectivity index (χ1v) is 9.15. The van der Waals surface area contributed by atoms with Crippen molar-refractivity contribution in [1.82, 2.24) is 14.5 Å². The van der Waals surface area contributed by atoms with Crippen molar-refractivity contribution >= 4 is 16.6 Å². The molecular formula is C21H22N4O. The van der Waals surface area contributed by atoms with E-state index in [4.69, 9.17) is 4.98 Å². The van der Waals surface area contributed by atoms with Crippen LogP contribution in [-0.2, 0) is 7.05 Å². The lowest BCUT2D eigenvalue weighted by molar-refractivity contribution is 0.292. The van der Waals surface area contributed by atoms with Gasteiger partial charge < -0.3 is 4.90 Å². The summed E-state index contributed by atoms with van der Waals surface area (Å²) in [6, 6.07) is 17.2. The van der Waals surface area contributed by atoms with E-state index in [2.05, 4.69) is 22.9 Å². The van der Waals surface area contributed by atoms with E-state index >= 15 is 0 Å². The molecule has 5 nitrogen and oxygen atoms in total.